The fraction of sp³-hybridized carbons (Fsp3) is 0.0833. The third-order valence-corrected chi connectivity index (χ3v) is 3.25. The molecule has 1 heterocycles. The highest BCUT2D eigenvalue weighted by Crippen LogP contribution is 2.23. The van der Waals surface area contributed by atoms with E-state index in [9.17, 15) is 9.59 Å². The summed E-state index contributed by atoms with van der Waals surface area (Å²) in [5, 5.41) is 0.123. The van der Waals surface area contributed by atoms with E-state index in [1.54, 1.807) is 12.1 Å². The number of aromatic amines is 1. The maximum Gasteiger partial charge on any atom is 0.267 e. The molecule has 0 saturated carbocycles. The van der Waals surface area contributed by atoms with E-state index < -0.39 is 5.91 Å². The number of thioether (sulfide) groups is 1. The van der Waals surface area contributed by atoms with Crippen LogP contribution < -0.4 is 5.73 Å². The molecule has 2 rings (SSSR count). The average Bonchev–Trinajstić information content (AvgIpc) is 2.78. The zero-order chi connectivity index (χ0) is 13.1. The van der Waals surface area contributed by atoms with Crippen molar-refractivity contribution in [2.75, 3.05) is 0 Å². The molecule has 1 aromatic carbocycles. The van der Waals surface area contributed by atoms with E-state index in [2.05, 4.69) is 9.97 Å². The van der Waals surface area contributed by atoms with Crippen molar-refractivity contribution >= 4 is 22.8 Å². The van der Waals surface area contributed by atoms with Gasteiger partial charge in [-0.2, -0.15) is 0 Å². The monoisotopic (exact) mass is 261 g/mol. The summed E-state index contributed by atoms with van der Waals surface area (Å²) < 4.78 is 0. The van der Waals surface area contributed by atoms with Crippen molar-refractivity contribution in [2.45, 2.75) is 11.9 Å². The highest BCUT2D eigenvalue weighted by molar-refractivity contribution is 8.14. The maximum absolute atomic E-state index is 12.0. The molecule has 6 heteroatoms. The maximum atomic E-state index is 12.0. The second-order valence-corrected chi connectivity index (χ2v) is 4.66. The molecule has 1 aromatic heterocycles. The number of amides is 1. The summed E-state index contributed by atoms with van der Waals surface area (Å²) in [5.41, 5.74) is 6.95. The van der Waals surface area contributed by atoms with Gasteiger partial charge in [0.2, 0.25) is 5.12 Å². The van der Waals surface area contributed by atoms with Crippen molar-refractivity contribution in [1.82, 2.24) is 9.97 Å². The van der Waals surface area contributed by atoms with Crippen LogP contribution >= 0.6 is 11.8 Å². The molecular formula is C12H11N3O2S. The molecule has 0 radical (unpaired) electrons. The van der Waals surface area contributed by atoms with Crippen LogP contribution in [0.2, 0.25) is 0 Å². The van der Waals surface area contributed by atoms with Crippen LogP contribution in [0.4, 0.5) is 0 Å². The van der Waals surface area contributed by atoms with Gasteiger partial charge in [-0.1, -0.05) is 29.8 Å². The number of benzene rings is 1. The number of hydrogen-bond acceptors (Lipinski definition) is 4. The van der Waals surface area contributed by atoms with Gasteiger partial charge in [0, 0.05) is 5.56 Å². The number of carbonyl (C=O) groups is 2. The van der Waals surface area contributed by atoms with Gasteiger partial charge in [-0.3, -0.25) is 9.59 Å². The zero-order valence-corrected chi connectivity index (χ0v) is 10.5. The van der Waals surface area contributed by atoms with Crippen LogP contribution in [0.3, 0.4) is 0 Å². The number of aromatic nitrogens is 2. The number of imidazole rings is 1. The SMILES string of the molecule is Cc1ccc(C(=O)Sc2nc[nH]c2C(N)=O)cc1. The lowest BCUT2D eigenvalue weighted by Gasteiger charge is -2.00. The Kier molecular flexibility index (Phi) is 3.47. The van der Waals surface area contributed by atoms with E-state index in [0.717, 1.165) is 17.3 Å². The van der Waals surface area contributed by atoms with E-state index in [0.29, 0.717) is 10.6 Å². The molecule has 1 amide bonds. The predicted molar refractivity (Wildman–Crippen MR) is 68.5 cm³/mol. The average molecular weight is 261 g/mol. The highest BCUT2D eigenvalue weighted by Gasteiger charge is 2.16. The molecular weight excluding hydrogens is 250 g/mol. The van der Waals surface area contributed by atoms with Gasteiger partial charge in [0.1, 0.15) is 10.7 Å². The minimum absolute atomic E-state index is 0.153. The number of carbonyl (C=O) groups excluding carboxylic acids is 2. The molecule has 92 valence electrons. The van der Waals surface area contributed by atoms with E-state index in [1.807, 2.05) is 19.1 Å². The summed E-state index contributed by atoms with van der Waals surface area (Å²) in [4.78, 5) is 29.5. The Morgan fingerprint density at radius 2 is 1.94 bits per heavy atom. The van der Waals surface area contributed by atoms with Crippen LogP contribution in [0, 0.1) is 6.92 Å². The Morgan fingerprint density at radius 1 is 1.28 bits per heavy atom. The first-order valence-corrected chi connectivity index (χ1v) is 6.01. The summed E-state index contributed by atoms with van der Waals surface area (Å²) in [7, 11) is 0. The standard InChI is InChI=1S/C12H11N3O2S/c1-7-2-4-8(5-3-7)12(17)18-11-9(10(13)16)14-6-15-11/h2-6H,1H3,(H2,13,16)(H,14,15). The second-order valence-electron chi connectivity index (χ2n) is 3.70. The van der Waals surface area contributed by atoms with Crippen molar-refractivity contribution in [3.63, 3.8) is 0 Å². The fourth-order valence-corrected chi connectivity index (χ4v) is 2.17. The van der Waals surface area contributed by atoms with Crippen LogP contribution in [0.25, 0.3) is 0 Å². The van der Waals surface area contributed by atoms with Crippen LogP contribution in [0.1, 0.15) is 26.4 Å². The number of primary amides is 1. The zero-order valence-electron chi connectivity index (χ0n) is 9.64. The number of nitrogens with one attached hydrogen (secondary N) is 1. The molecule has 0 fully saturated rings. The summed E-state index contributed by atoms with van der Waals surface area (Å²) in [6.07, 6.45) is 1.34. The van der Waals surface area contributed by atoms with Gasteiger partial charge in [-0.15, -0.1) is 0 Å². The number of nitrogens with two attached hydrogens (primary N) is 1. The van der Waals surface area contributed by atoms with Gasteiger partial charge < -0.3 is 10.7 Å². The molecule has 0 saturated heterocycles. The number of rotatable bonds is 3. The molecule has 0 aliphatic rings. The van der Waals surface area contributed by atoms with Gasteiger partial charge in [0.15, 0.2) is 0 Å². The second kappa shape index (κ2) is 5.05. The van der Waals surface area contributed by atoms with Crippen LogP contribution in [-0.4, -0.2) is 21.0 Å². The number of aryl methyl sites for hydroxylation is 1. The third-order valence-electron chi connectivity index (χ3n) is 2.33. The largest absolute Gasteiger partial charge is 0.364 e. The molecule has 0 aliphatic carbocycles. The molecule has 0 atom stereocenters. The summed E-state index contributed by atoms with van der Waals surface area (Å²) in [6.45, 7) is 1.94. The van der Waals surface area contributed by atoms with E-state index in [-0.39, 0.29) is 10.8 Å². The topological polar surface area (TPSA) is 88.8 Å². The van der Waals surface area contributed by atoms with Crippen molar-refractivity contribution in [2.24, 2.45) is 5.73 Å². The van der Waals surface area contributed by atoms with Crippen molar-refractivity contribution < 1.29 is 9.59 Å². The fourth-order valence-electron chi connectivity index (χ4n) is 1.37. The molecule has 18 heavy (non-hydrogen) atoms. The smallest absolute Gasteiger partial charge is 0.267 e. The summed E-state index contributed by atoms with van der Waals surface area (Å²) in [5.74, 6) is -0.633. The number of H-pyrrole nitrogens is 1. The minimum Gasteiger partial charge on any atom is -0.364 e. The first-order valence-electron chi connectivity index (χ1n) is 5.20. The highest BCUT2D eigenvalue weighted by atomic mass is 32.2. The van der Waals surface area contributed by atoms with Crippen molar-refractivity contribution in [3.05, 3.63) is 47.4 Å². The Morgan fingerprint density at radius 3 is 2.56 bits per heavy atom. The van der Waals surface area contributed by atoms with Gasteiger partial charge >= 0.3 is 0 Å². The lowest BCUT2D eigenvalue weighted by Crippen LogP contribution is -2.12. The van der Waals surface area contributed by atoms with Gasteiger partial charge in [-0.25, -0.2) is 4.98 Å². The number of nitrogens with zero attached hydrogens (tertiary/aromatic N) is 1. The quantitative estimate of drug-likeness (QED) is 0.824. The number of hydrogen-bond donors (Lipinski definition) is 2. The van der Waals surface area contributed by atoms with Crippen LogP contribution in [-0.2, 0) is 0 Å². The predicted octanol–water partition coefficient (Wildman–Crippen LogP) is 1.75. The minimum atomic E-state index is -0.633. The molecule has 3 N–H and O–H groups in total. The molecule has 0 bridgehead atoms. The first kappa shape index (κ1) is 12.4. The molecule has 5 nitrogen and oxygen atoms in total. The lowest BCUT2D eigenvalue weighted by molar-refractivity contribution is 0.0993. The van der Waals surface area contributed by atoms with Crippen LogP contribution in [0.5, 0.6) is 0 Å². The Labute approximate surface area is 108 Å². The van der Waals surface area contributed by atoms with E-state index in [1.165, 1.54) is 6.33 Å². The lowest BCUT2D eigenvalue weighted by atomic mass is 10.2. The van der Waals surface area contributed by atoms with Crippen molar-refractivity contribution in [3.8, 4) is 0 Å². The molecule has 0 unspecified atom stereocenters. The third kappa shape index (κ3) is 2.60. The Balaban J connectivity index is 2.19. The Bertz CT molecular complexity index is 590. The summed E-state index contributed by atoms with van der Waals surface area (Å²) in [6, 6.07) is 7.18. The van der Waals surface area contributed by atoms with Crippen molar-refractivity contribution in [1.29, 1.82) is 0 Å². The van der Waals surface area contributed by atoms with Gasteiger partial charge in [0.05, 0.1) is 6.33 Å². The Hall–Kier alpha value is -2.08. The normalized spacial score (nSPS) is 10.3. The van der Waals surface area contributed by atoms with E-state index >= 15 is 0 Å². The van der Waals surface area contributed by atoms with Gasteiger partial charge in [0.25, 0.3) is 5.91 Å². The summed E-state index contributed by atoms with van der Waals surface area (Å²) >= 11 is 0.882. The molecule has 0 aliphatic heterocycles. The molecule has 0 spiro atoms. The first-order chi connectivity index (χ1) is 8.58. The van der Waals surface area contributed by atoms with Gasteiger partial charge in [-0.05, 0) is 18.7 Å². The van der Waals surface area contributed by atoms with E-state index in [4.69, 9.17) is 5.73 Å². The van der Waals surface area contributed by atoms with Crippen LogP contribution in [0.15, 0.2) is 35.6 Å². The molecule has 2 aromatic rings.